The number of hydrogen-bond acceptors (Lipinski definition) is 3. The highest BCUT2D eigenvalue weighted by atomic mass is 32.2. The summed E-state index contributed by atoms with van der Waals surface area (Å²) < 4.78 is 13.4. The molecule has 1 saturated heterocycles. The Labute approximate surface area is 107 Å². The van der Waals surface area contributed by atoms with Gasteiger partial charge >= 0.3 is 5.97 Å². The Kier molecular flexibility index (Phi) is 5.25. The lowest BCUT2D eigenvalue weighted by Gasteiger charge is -2.45. The summed E-state index contributed by atoms with van der Waals surface area (Å²) in [5.74, 6) is 0.126. The van der Waals surface area contributed by atoms with Gasteiger partial charge in [0.1, 0.15) is 6.17 Å². The molecule has 0 bridgehead atoms. The van der Waals surface area contributed by atoms with E-state index in [1.54, 1.807) is 0 Å². The van der Waals surface area contributed by atoms with Gasteiger partial charge in [0, 0.05) is 23.9 Å². The zero-order valence-corrected chi connectivity index (χ0v) is 11.6. The number of halogens is 1. The first-order valence-corrected chi connectivity index (χ1v) is 7.16. The standard InChI is InChI=1S/C12H22FNO2S/c1-12(2,3)14-6-9(13)4-5-10(14)7-17-8-11(15)16/h9-10H,4-8H2,1-3H3,(H,15,16). The van der Waals surface area contributed by atoms with Crippen molar-refractivity contribution in [1.29, 1.82) is 0 Å². The Morgan fingerprint density at radius 3 is 2.65 bits per heavy atom. The third-order valence-electron chi connectivity index (χ3n) is 3.05. The second-order valence-corrected chi connectivity index (χ2v) is 6.59. The van der Waals surface area contributed by atoms with Crippen LogP contribution in [-0.4, -0.2) is 51.8 Å². The highest BCUT2D eigenvalue weighted by Crippen LogP contribution is 2.28. The van der Waals surface area contributed by atoms with E-state index in [4.69, 9.17) is 5.11 Å². The average Bonchev–Trinajstić information content (AvgIpc) is 2.18. The average molecular weight is 263 g/mol. The SMILES string of the molecule is CC(C)(C)N1CC(F)CCC1CSCC(=O)O. The molecule has 17 heavy (non-hydrogen) atoms. The summed E-state index contributed by atoms with van der Waals surface area (Å²) in [6.07, 6.45) is 0.686. The van der Waals surface area contributed by atoms with E-state index >= 15 is 0 Å². The van der Waals surface area contributed by atoms with Gasteiger partial charge in [-0.1, -0.05) is 0 Å². The molecule has 0 saturated carbocycles. The van der Waals surface area contributed by atoms with Gasteiger partial charge in [-0.05, 0) is 33.6 Å². The lowest BCUT2D eigenvalue weighted by molar-refractivity contribution is -0.133. The van der Waals surface area contributed by atoms with Crippen molar-refractivity contribution >= 4 is 17.7 Å². The molecule has 5 heteroatoms. The predicted octanol–water partition coefficient (Wildman–Crippen LogP) is 2.41. The Morgan fingerprint density at radius 1 is 1.47 bits per heavy atom. The van der Waals surface area contributed by atoms with E-state index in [1.807, 2.05) is 0 Å². The van der Waals surface area contributed by atoms with Gasteiger partial charge in [0.15, 0.2) is 0 Å². The van der Waals surface area contributed by atoms with Gasteiger partial charge in [-0.15, -0.1) is 11.8 Å². The molecule has 2 atom stereocenters. The topological polar surface area (TPSA) is 40.5 Å². The fourth-order valence-corrected chi connectivity index (χ4v) is 3.17. The molecule has 2 unspecified atom stereocenters. The Hall–Kier alpha value is -0.290. The number of carbonyl (C=O) groups is 1. The number of likely N-dealkylation sites (tertiary alicyclic amines) is 1. The summed E-state index contributed by atoms with van der Waals surface area (Å²) >= 11 is 1.43. The summed E-state index contributed by atoms with van der Waals surface area (Å²) in [5, 5.41) is 8.62. The first kappa shape index (κ1) is 14.8. The van der Waals surface area contributed by atoms with Crippen LogP contribution in [0.25, 0.3) is 0 Å². The Balaban J connectivity index is 2.52. The smallest absolute Gasteiger partial charge is 0.313 e. The normalized spacial score (nSPS) is 27.1. The summed E-state index contributed by atoms with van der Waals surface area (Å²) in [4.78, 5) is 12.7. The van der Waals surface area contributed by atoms with Crippen LogP contribution in [0.15, 0.2) is 0 Å². The molecule has 100 valence electrons. The maximum absolute atomic E-state index is 13.4. The van der Waals surface area contributed by atoms with E-state index in [2.05, 4.69) is 25.7 Å². The Morgan fingerprint density at radius 2 is 2.12 bits per heavy atom. The fourth-order valence-electron chi connectivity index (χ4n) is 2.26. The van der Waals surface area contributed by atoms with Crippen molar-refractivity contribution in [3.63, 3.8) is 0 Å². The van der Waals surface area contributed by atoms with Crippen molar-refractivity contribution in [3.05, 3.63) is 0 Å². The molecule has 1 heterocycles. The van der Waals surface area contributed by atoms with Crippen LogP contribution in [0.2, 0.25) is 0 Å². The largest absolute Gasteiger partial charge is 0.481 e. The number of hydrogen-bond donors (Lipinski definition) is 1. The van der Waals surface area contributed by atoms with E-state index < -0.39 is 12.1 Å². The molecule has 0 aromatic carbocycles. The zero-order valence-electron chi connectivity index (χ0n) is 10.8. The lowest BCUT2D eigenvalue weighted by Crippen LogP contribution is -2.54. The van der Waals surface area contributed by atoms with Crippen molar-refractivity contribution < 1.29 is 14.3 Å². The van der Waals surface area contributed by atoms with Crippen molar-refractivity contribution in [2.45, 2.75) is 51.4 Å². The van der Waals surface area contributed by atoms with Gasteiger partial charge in [0.05, 0.1) is 5.75 Å². The molecule has 3 nitrogen and oxygen atoms in total. The molecule has 1 N–H and O–H groups in total. The molecule has 0 spiro atoms. The zero-order chi connectivity index (χ0) is 13.1. The summed E-state index contributed by atoms with van der Waals surface area (Å²) in [7, 11) is 0. The van der Waals surface area contributed by atoms with Gasteiger partial charge in [-0.3, -0.25) is 9.69 Å². The molecule has 0 aliphatic carbocycles. The maximum atomic E-state index is 13.4. The minimum absolute atomic E-state index is 0.0563. The third kappa shape index (κ3) is 4.84. The third-order valence-corrected chi connectivity index (χ3v) is 4.12. The summed E-state index contributed by atoms with van der Waals surface area (Å²) in [5.41, 5.74) is -0.0563. The lowest BCUT2D eigenvalue weighted by atomic mass is 9.95. The van der Waals surface area contributed by atoms with Crippen molar-refractivity contribution in [3.8, 4) is 0 Å². The molecule has 1 rings (SSSR count). The van der Waals surface area contributed by atoms with Gasteiger partial charge in [0.25, 0.3) is 0 Å². The molecule has 1 aliphatic heterocycles. The first-order valence-electron chi connectivity index (χ1n) is 6.01. The summed E-state index contributed by atoms with van der Waals surface area (Å²) in [6.45, 7) is 6.72. The van der Waals surface area contributed by atoms with E-state index in [0.717, 1.165) is 12.2 Å². The molecule has 1 fully saturated rings. The van der Waals surface area contributed by atoms with E-state index in [9.17, 15) is 9.18 Å². The number of carboxylic acids is 1. The van der Waals surface area contributed by atoms with Crippen molar-refractivity contribution in [2.75, 3.05) is 18.1 Å². The first-order chi connectivity index (χ1) is 7.80. The van der Waals surface area contributed by atoms with Crippen LogP contribution in [0, 0.1) is 0 Å². The monoisotopic (exact) mass is 263 g/mol. The molecule has 0 radical (unpaired) electrons. The van der Waals surface area contributed by atoms with Gasteiger partial charge in [-0.25, -0.2) is 4.39 Å². The van der Waals surface area contributed by atoms with Crippen LogP contribution in [0.3, 0.4) is 0 Å². The number of alkyl halides is 1. The maximum Gasteiger partial charge on any atom is 0.313 e. The predicted molar refractivity (Wildman–Crippen MR) is 69.3 cm³/mol. The van der Waals surface area contributed by atoms with Crippen molar-refractivity contribution in [1.82, 2.24) is 4.90 Å². The number of aliphatic carboxylic acids is 1. The van der Waals surface area contributed by atoms with Gasteiger partial charge < -0.3 is 5.11 Å². The van der Waals surface area contributed by atoms with E-state index in [-0.39, 0.29) is 11.3 Å². The highest BCUT2D eigenvalue weighted by molar-refractivity contribution is 7.99. The van der Waals surface area contributed by atoms with Crippen LogP contribution in [0.5, 0.6) is 0 Å². The molecule has 1 aliphatic rings. The van der Waals surface area contributed by atoms with Crippen LogP contribution in [0.1, 0.15) is 33.6 Å². The number of piperidine rings is 1. The van der Waals surface area contributed by atoms with Gasteiger partial charge in [0.2, 0.25) is 0 Å². The molecule has 0 amide bonds. The van der Waals surface area contributed by atoms with Crippen LogP contribution in [0.4, 0.5) is 4.39 Å². The number of nitrogens with zero attached hydrogens (tertiary/aromatic N) is 1. The second kappa shape index (κ2) is 6.05. The molecular weight excluding hydrogens is 241 g/mol. The molecule has 0 aromatic heterocycles. The minimum atomic E-state index is -0.781. The summed E-state index contributed by atoms with van der Waals surface area (Å²) in [6, 6.07) is 0.298. The van der Waals surface area contributed by atoms with Crippen molar-refractivity contribution in [2.24, 2.45) is 0 Å². The van der Waals surface area contributed by atoms with Gasteiger partial charge in [-0.2, -0.15) is 0 Å². The number of thioether (sulfide) groups is 1. The molecule has 0 aromatic rings. The number of carboxylic acid groups (broad SMARTS) is 1. The van der Waals surface area contributed by atoms with E-state index in [1.165, 1.54) is 11.8 Å². The minimum Gasteiger partial charge on any atom is -0.481 e. The Bertz CT molecular complexity index is 268. The fraction of sp³-hybridized carbons (Fsp3) is 0.917. The quantitative estimate of drug-likeness (QED) is 0.845. The highest BCUT2D eigenvalue weighted by Gasteiger charge is 2.34. The van der Waals surface area contributed by atoms with Crippen LogP contribution in [-0.2, 0) is 4.79 Å². The number of rotatable bonds is 4. The van der Waals surface area contributed by atoms with Crippen LogP contribution < -0.4 is 0 Å². The second-order valence-electron chi connectivity index (χ2n) is 5.56. The van der Waals surface area contributed by atoms with Crippen LogP contribution >= 0.6 is 11.8 Å². The van der Waals surface area contributed by atoms with E-state index in [0.29, 0.717) is 19.0 Å². The molecular formula is C12H22FNO2S.